The molecule has 2 aromatic carbocycles. The predicted octanol–water partition coefficient (Wildman–Crippen LogP) is 1.05. The first-order valence-corrected chi connectivity index (χ1v) is 8.62. The lowest BCUT2D eigenvalue weighted by molar-refractivity contribution is -0.881. The van der Waals surface area contributed by atoms with Crippen LogP contribution in [0.4, 0.5) is 11.4 Å². The molecule has 2 amide bonds. The molecule has 0 aromatic heterocycles. The predicted molar refractivity (Wildman–Crippen MR) is 103 cm³/mol. The van der Waals surface area contributed by atoms with Gasteiger partial charge in [0.05, 0.1) is 31.0 Å². The van der Waals surface area contributed by atoms with Gasteiger partial charge in [-0.05, 0) is 37.3 Å². The highest BCUT2D eigenvalue weighted by molar-refractivity contribution is 5.94. The number of anilines is 2. The van der Waals surface area contributed by atoms with Crippen LogP contribution in [0.15, 0.2) is 48.5 Å². The first-order chi connectivity index (χ1) is 13.0. The number of rotatable bonds is 8. The highest BCUT2D eigenvalue weighted by Crippen LogP contribution is 2.22. The van der Waals surface area contributed by atoms with Crippen molar-refractivity contribution in [1.29, 1.82) is 5.26 Å². The van der Waals surface area contributed by atoms with Crippen molar-refractivity contribution >= 4 is 23.2 Å². The van der Waals surface area contributed by atoms with Gasteiger partial charge in [0, 0.05) is 5.69 Å². The fourth-order valence-electron chi connectivity index (χ4n) is 2.58. The summed E-state index contributed by atoms with van der Waals surface area (Å²) in [5.41, 5.74) is 1.63. The highest BCUT2D eigenvalue weighted by Gasteiger charge is 2.18. The second kappa shape index (κ2) is 9.94. The van der Waals surface area contributed by atoms with E-state index in [9.17, 15) is 9.59 Å². The summed E-state index contributed by atoms with van der Waals surface area (Å²) in [4.78, 5) is 25.4. The van der Waals surface area contributed by atoms with Gasteiger partial charge >= 0.3 is 0 Å². The molecule has 0 spiro atoms. The van der Waals surface area contributed by atoms with Crippen LogP contribution < -0.4 is 20.3 Å². The average molecular weight is 367 g/mol. The standard InChI is InChI=1S/C20H22N4O3/c1-3-24(13-19(25)22-16-8-6-7-15(11-16)12-21)14-20(26)23-17-9-4-5-10-18(17)27-2/h4-11H,3,13-14H2,1-2H3,(H,22,25)(H,23,26)/p+1. The summed E-state index contributed by atoms with van der Waals surface area (Å²) in [5, 5.41) is 14.5. The van der Waals surface area contributed by atoms with E-state index in [1.807, 2.05) is 25.1 Å². The first kappa shape index (κ1) is 19.9. The normalized spacial score (nSPS) is 11.1. The van der Waals surface area contributed by atoms with E-state index < -0.39 is 0 Å². The van der Waals surface area contributed by atoms with Crippen molar-refractivity contribution in [3.8, 4) is 11.8 Å². The third-order valence-corrected chi connectivity index (χ3v) is 3.98. The van der Waals surface area contributed by atoms with E-state index in [1.165, 1.54) is 0 Å². The highest BCUT2D eigenvalue weighted by atomic mass is 16.5. The molecule has 3 N–H and O–H groups in total. The molecule has 27 heavy (non-hydrogen) atoms. The summed E-state index contributed by atoms with van der Waals surface area (Å²) in [6.07, 6.45) is 0. The number of methoxy groups -OCH3 is 1. The third kappa shape index (κ3) is 6.13. The molecule has 0 bridgehead atoms. The van der Waals surface area contributed by atoms with Gasteiger partial charge in [-0.15, -0.1) is 0 Å². The Hall–Kier alpha value is -3.37. The lowest BCUT2D eigenvalue weighted by Gasteiger charge is -2.17. The Morgan fingerprint density at radius 3 is 2.44 bits per heavy atom. The number of hydrogen-bond donors (Lipinski definition) is 3. The fraction of sp³-hybridized carbons (Fsp3) is 0.250. The molecule has 0 aliphatic carbocycles. The van der Waals surface area contributed by atoms with Crippen LogP contribution >= 0.6 is 0 Å². The van der Waals surface area contributed by atoms with Crippen LogP contribution in [-0.2, 0) is 9.59 Å². The quantitative estimate of drug-likeness (QED) is 0.650. The molecule has 1 unspecified atom stereocenters. The number of carbonyl (C=O) groups is 2. The number of nitriles is 1. The lowest BCUT2D eigenvalue weighted by Crippen LogP contribution is -3.13. The van der Waals surface area contributed by atoms with E-state index in [0.29, 0.717) is 29.2 Å². The van der Waals surface area contributed by atoms with Gasteiger partial charge in [0.1, 0.15) is 5.75 Å². The molecular weight excluding hydrogens is 344 g/mol. The molecule has 0 radical (unpaired) electrons. The summed E-state index contributed by atoms with van der Waals surface area (Å²) in [6.45, 7) is 2.83. The van der Waals surface area contributed by atoms with Crippen molar-refractivity contribution in [3.63, 3.8) is 0 Å². The maximum absolute atomic E-state index is 12.3. The number of para-hydroxylation sites is 2. The van der Waals surface area contributed by atoms with E-state index in [-0.39, 0.29) is 24.9 Å². The van der Waals surface area contributed by atoms with Crippen molar-refractivity contribution in [1.82, 2.24) is 0 Å². The van der Waals surface area contributed by atoms with Crippen LogP contribution in [0.1, 0.15) is 12.5 Å². The Morgan fingerprint density at radius 1 is 1.07 bits per heavy atom. The number of carbonyl (C=O) groups excluding carboxylic acids is 2. The molecule has 0 saturated heterocycles. The Morgan fingerprint density at radius 2 is 1.78 bits per heavy atom. The van der Waals surface area contributed by atoms with Crippen LogP contribution in [0.5, 0.6) is 5.75 Å². The molecule has 0 fully saturated rings. The second-order valence-corrected chi connectivity index (χ2v) is 5.95. The van der Waals surface area contributed by atoms with Gasteiger partial charge in [0.25, 0.3) is 11.8 Å². The number of amides is 2. The van der Waals surface area contributed by atoms with E-state index >= 15 is 0 Å². The molecule has 7 heteroatoms. The zero-order valence-corrected chi connectivity index (χ0v) is 15.4. The number of nitrogens with zero attached hydrogens (tertiary/aromatic N) is 1. The third-order valence-electron chi connectivity index (χ3n) is 3.98. The minimum absolute atomic E-state index is 0.145. The zero-order valence-electron chi connectivity index (χ0n) is 15.4. The van der Waals surface area contributed by atoms with Gasteiger partial charge in [0.2, 0.25) is 0 Å². The summed E-state index contributed by atoms with van der Waals surface area (Å²) in [5.74, 6) is 0.168. The molecule has 0 heterocycles. The Labute approximate surface area is 158 Å². The zero-order chi connectivity index (χ0) is 19.6. The average Bonchev–Trinajstić information content (AvgIpc) is 2.67. The second-order valence-electron chi connectivity index (χ2n) is 5.95. The van der Waals surface area contributed by atoms with E-state index in [4.69, 9.17) is 10.00 Å². The van der Waals surface area contributed by atoms with E-state index in [2.05, 4.69) is 10.6 Å². The maximum Gasteiger partial charge on any atom is 0.279 e. The number of quaternary nitrogens is 1. The van der Waals surface area contributed by atoms with Crippen LogP contribution in [0.3, 0.4) is 0 Å². The molecule has 0 aliphatic heterocycles. The van der Waals surface area contributed by atoms with Crippen molar-refractivity contribution < 1.29 is 19.2 Å². The molecular formula is C20H23N4O3+. The number of nitrogens with one attached hydrogen (secondary N) is 3. The lowest BCUT2D eigenvalue weighted by atomic mass is 10.2. The maximum atomic E-state index is 12.3. The van der Waals surface area contributed by atoms with Crippen molar-refractivity contribution in [2.24, 2.45) is 0 Å². The van der Waals surface area contributed by atoms with E-state index in [1.54, 1.807) is 43.5 Å². The Kier molecular flexibility index (Phi) is 7.35. The number of hydrogen-bond acceptors (Lipinski definition) is 4. The monoisotopic (exact) mass is 367 g/mol. The SMILES string of the molecule is CC[NH+](CC(=O)Nc1cccc(C#N)c1)CC(=O)Nc1ccccc1OC. The molecule has 140 valence electrons. The molecule has 2 rings (SSSR count). The van der Waals surface area contributed by atoms with Gasteiger partial charge < -0.3 is 20.3 Å². The van der Waals surface area contributed by atoms with Crippen LogP contribution in [0, 0.1) is 11.3 Å². The number of ether oxygens (including phenoxy) is 1. The van der Waals surface area contributed by atoms with E-state index in [0.717, 1.165) is 4.90 Å². The van der Waals surface area contributed by atoms with Crippen molar-refractivity contribution in [2.75, 3.05) is 37.4 Å². The largest absolute Gasteiger partial charge is 0.495 e. The van der Waals surface area contributed by atoms with Gasteiger partial charge in [-0.1, -0.05) is 18.2 Å². The number of likely N-dealkylation sites (N-methyl/N-ethyl adjacent to an activating group) is 1. The van der Waals surface area contributed by atoms with Crippen LogP contribution in [-0.4, -0.2) is 38.6 Å². The summed E-state index contributed by atoms with van der Waals surface area (Å²) in [7, 11) is 1.54. The Balaban J connectivity index is 1.91. The minimum Gasteiger partial charge on any atom is -0.495 e. The van der Waals surface area contributed by atoms with Crippen LogP contribution in [0.25, 0.3) is 0 Å². The van der Waals surface area contributed by atoms with Gasteiger partial charge in [-0.3, -0.25) is 9.59 Å². The molecule has 7 nitrogen and oxygen atoms in total. The summed E-state index contributed by atoms with van der Waals surface area (Å²) >= 11 is 0. The molecule has 0 aliphatic rings. The van der Waals surface area contributed by atoms with Crippen molar-refractivity contribution in [2.45, 2.75) is 6.92 Å². The van der Waals surface area contributed by atoms with Crippen LogP contribution in [0.2, 0.25) is 0 Å². The summed E-state index contributed by atoms with van der Waals surface area (Å²) < 4.78 is 5.22. The smallest absolute Gasteiger partial charge is 0.279 e. The number of benzene rings is 2. The topological polar surface area (TPSA) is 95.7 Å². The Bertz CT molecular complexity index is 845. The van der Waals surface area contributed by atoms with Gasteiger partial charge in [-0.2, -0.15) is 5.26 Å². The molecule has 2 aromatic rings. The van der Waals surface area contributed by atoms with Gasteiger partial charge in [-0.25, -0.2) is 0 Å². The minimum atomic E-state index is -0.216. The summed E-state index contributed by atoms with van der Waals surface area (Å²) in [6, 6.07) is 15.9. The molecule has 0 saturated carbocycles. The first-order valence-electron chi connectivity index (χ1n) is 8.62. The fourth-order valence-corrected chi connectivity index (χ4v) is 2.58. The van der Waals surface area contributed by atoms with Gasteiger partial charge in [0.15, 0.2) is 13.1 Å². The van der Waals surface area contributed by atoms with Crippen molar-refractivity contribution in [3.05, 3.63) is 54.1 Å². The molecule has 1 atom stereocenters.